The van der Waals surface area contributed by atoms with Gasteiger partial charge >= 0.3 is 0 Å². The third kappa shape index (κ3) is 3.75. The summed E-state index contributed by atoms with van der Waals surface area (Å²) in [4.78, 5) is 11.5. The first-order valence-corrected chi connectivity index (χ1v) is 8.87. The van der Waals surface area contributed by atoms with E-state index in [0.29, 0.717) is 23.4 Å². The van der Waals surface area contributed by atoms with E-state index in [9.17, 15) is 13.2 Å². The molecule has 1 aliphatic heterocycles. The number of rotatable bonds is 4. The van der Waals surface area contributed by atoms with Gasteiger partial charge in [-0.15, -0.1) is 0 Å². The van der Waals surface area contributed by atoms with Gasteiger partial charge in [-0.25, -0.2) is 8.42 Å². The summed E-state index contributed by atoms with van der Waals surface area (Å²) >= 11 is 3.28. The Morgan fingerprint density at radius 1 is 1.38 bits per heavy atom. The Morgan fingerprint density at radius 3 is 2.86 bits per heavy atom. The lowest BCUT2D eigenvalue weighted by Crippen LogP contribution is -2.34. The minimum absolute atomic E-state index is 0.119. The molecular formula is C13H17BrN2O4S. The minimum atomic E-state index is -3.70. The van der Waals surface area contributed by atoms with Gasteiger partial charge in [0, 0.05) is 30.5 Å². The number of hydrogen-bond acceptors (Lipinski definition) is 4. The molecule has 0 radical (unpaired) electrons. The van der Waals surface area contributed by atoms with Crippen molar-refractivity contribution in [2.24, 2.45) is 0 Å². The minimum Gasteiger partial charge on any atom is -0.492 e. The van der Waals surface area contributed by atoms with Crippen LogP contribution in [0.3, 0.4) is 0 Å². The number of ether oxygens (including phenoxy) is 1. The van der Waals surface area contributed by atoms with E-state index in [1.807, 2.05) is 0 Å². The van der Waals surface area contributed by atoms with E-state index in [1.165, 1.54) is 10.4 Å². The van der Waals surface area contributed by atoms with Gasteiger partial charge in [0.2, 0.25) is 15.9 Å². The van der Waals surface area contributed by atoms with Crippen molar-refractivity contribution in [3.63, 3.8) is 0 Å². The molecule has 21 heavy (non-hydrogen) atoms. The first-order valence-electron chi connectivity index (χ1n) is 6.64. The molecule has 0 aromatic heterocycles. The summed E-state index contributed by atoms with van der Waals surface area (Å²) in [5.74, 6) is 0.191. The Balaban J connectivity index is 2.38. The zero-order valence-corrected chi connectivity index (χ0v) is 14.0. The maximum Gasteiger partial charge on any atom is 0.246 e. The van der Waals surface area contributed by atoms with Crippen LogP contribution >= 0.6 is 15.9 Å². The van der Waals surface area contributed by atoms with Crippen molar-refractivity contribution in [3.8, 4) is 5.75 Å². The average molecular weight is 377 g/mol. The first kappa shape index (κ1) is 16.3. The number of halogens is 1. The largest absolute Gasteiger partial charge is 0.492 e. The maximum absolute atomic E-state index is 12.8. The summed E-state index contributed by atoms with van der Waals surface area (Å²) in [6.07, 6.45) is 0.164. The lowest BCUT2D eigenvalue weighted by atomic mass is 10.3. The van der Waals surface area contributed by atoms with Crippen molar-refractivity contribution in [2.75, 3.05) is 26.2 Å². The Labute approximate surface area is 132 Å². The first-order chi connectivity index (χ1) is 9.95. The Morgan fingerprint density at radius 2 is 2.14 bits per heavy atom. The summed E-state index contributed by atoms with van der Waals surface area (Å²) in [5, 5.41) is 2.66. The number of nitrogens with one attached hydrogen (secondary N) is 1. The lowest BCUT2D eigenvalue weighted by Gasteiger charge is -2.21. The summed E-state index contributed by atoms with van der Waals surface area (Å²) < 4.78 is 32.9. The molecule has 116 valence electrons. The van der Waals surface area contributed by atoms with Crippen LogP contribution in [0.5, 0.6) is 5.75 Å². The van der Waals surface area contributed by atoms with Gasteiger partial charge in [-0.2, -0.15) is 4.31 Å². The van der Waals surface area contributed by atoms with Crippen molar-refractivity contribution < 1.29 is 17.9 Å². The molecule has 1 aromatic rings. The molecule has 0 unspecified atom stereocenters. The van der Waals surface area contributed by atoms with Crippen molar-refractivity contribution >= 4 is 31.9 Å². The molecular weight excluding hydrogens is 360 g/mol. The van der Waals surface area contributed by atoms with E-state index >= 15 is 0 Å². The molecule has 1 fully saturated rings. The SMILES string of the molecule is CCOc1ccc(Br)cc1S(=O)(=O)N1CCNC(=O)CC1. The van der Waals surface area contributed by atoms with Crippen LogP contribution in [0.15, 0.2) is 27.6 Å². The second-order valence-electron chi connectivity index (χ2n) is 4.53. The molecule has 1 aliphatic rings. The molecule has 2 rings (SSSR count). The second kappa shape index (κ2) is 6.76. The van der Waals surface area contributed by atoms with Gasteiger partial charge < -0.3 is 10.1 Å². The molecule has 1 amide bonds. The van der Waals surface area contributed by atoms with Crippen LogP contribution in [-0.4, -0.2) is 44.9 Å². The molecule has 0 aliphatic carbocycles. The Bertz CT molecular complexity index is 633. The van der Waals surface area contributed by atoms with Gasteiger partial charge in [0.1, 0.15) is 10.6 Å². The van der Waals surface area contributed by atoms with E-state index in [0.717, 1.165) is 0 Å². The van der Waals surface area contributed by atoms with E-state index in [-0.39, 0.29) is 30.3 Å². The zero-order valence-electron chi connectivity index (χ0n) is 11.6. The normalized spacial score (nSPS) is 17.1. The Hall–Kier alpha value is -1.12. The monoisotopic (exact) mass is 376 g/mol. The number of amides is 1. The topological polar surface area (TPSA) is 75.7 Å². The smallest absolute Gasteiger partial charge is 0.246 e. The number of sulfonamides is 1. The molecule has 1 aromatic carbocycles. The highest BCUT2D eigenvalue weighted by Crippen LogP contribution is 2.30. The van der Waals surface area contributed by atoms with E-state index in [2.05, 4.69) is 21.2 Å². The van der Waals surface area contributed by atoms with Crippen LogP contribution in [0.1, 0.15) is 13.3 Å². The van der Waals surface area contributed by atoms with Crippen molar-refractivity contribution in [3.05, 3.63) is 22.7 Å². The number of carbonyl (C=O) groups excluding carboxylic acids is 1. The molecule has 6 nitrogen and oxygen atoms in total. The van der Waals surface area contributed by atoms with Gasteiger partial charge in [-0.05, 0) is 25.1 Å². The predicted octanol–water partition coefficient (Wildman–Crippen LogP) is 1.36. The molecule has 0 bridgehead atoms. The molecule has 1 saturated heterocycles. The van der Waals surface area contributed by atoms with Crippen LogP contribution in [0.25, 0.3) is 0 Å². The highest BCUT2D eigenvalue weighted by Gasteiger charge is 2.29. The fraction of sp³-hybridized carbons (Fsp3) is 0.462. The fourth-order valence-corrected chi connectivity index (χ4v) is 4.20. The predicted molar refractivity (Wildman–Crippen MR) is 81.7 cm³/mol. The highest BCUT2D eigenvalue weighted by molar-refractivity contribution is 9.10. The summed E-state index contributed by atoms with van der Waals surface area (Å²) in [5.41, 5.74) is 0. The van der Waals surface area contributed by atoms with Crippen LogP contribution < -0.4 is 10.1 Å². The molecule has 0 saturated carbocycles. The van der Waals surface area contributed by atoms with Crippen LogP contribution in [0.2, 0.25) is 0 Å². The van der Waals surface area contributed by atoms with Gasteiger partial charge in [0.15, 0.2) is 0 Å². The highest BCUT2D eigenvalue weighted by atomic mass is 79.9. The van der Waals surface area contributed by atoms with E-state index < -0.39 is 10.0 Å². The number of carbonyl (C=O) groups is 1. The van der Waals surface area contributed by atoms with Gasteiger partial charge in [0.05, 0.1) is 6.61 Å². The summed E-state index contributed by atoms with van der Waals surface area (Å²) in [6, 6.07) is 4.89. The second-order valence-corrected chi connectivity index (χ2v) is 7.35. The quantitative estimate of drug-likeness (QED) is 0.860. The third-order valence-electron chi connectivity index (χ3n) is 3.10. The van der Waals surface area contributed by atoms with Crippen molar-refractivity contribution in [2.45, 2.75) is 18.2 Å². The maximum atomic E-state index is 12.8. The summed E-state index contributed by atoms with van der Waals surface area (Å²) in [6.45, 7) is 2.92. The lowest BCUT2D eigenvalue weighted by molar-refractivity contribution is -0.120. The zero-order chi connectivity index (χ0) is 15.5. The number of hydrogen-bond donors (Lipinski definition) is 1. The average Bonchev–Trinajstić information content (AvgIpc) is 2.66. The number of nitrogens with zero attached hydrogens (tertiary/aromatic N) is 1. The fourth-order valence-electron chi connectivity index (χ4n) is 2.08. The van der Waals surface area contributed by atoms with E-state index in [4.69, 9.17) is 4.74 Å². The summed E-state index contributed by atoms with van der Waals surface area (Å²) in [7, 11) is -3.70. The number of benzene rings is 1. The van der Waals surface area contributed by atoms with Gasteiger partial charge in [-0.3, -0.25) is 4.79 Å². The van der Waals surface area contributed by atoms with Crippen molar-refractivity contribution in [1.82, 2.24) is 9.62 Å². The molecule has 8 heteroatoms. The van der Waals surface area contributed by atoms with Crippen molar-refractivity contribution in [1.29, 1.82) is 0 Å². The van der Waals surface area contributed by atoms with Crippen LogP contribution in [0, 0.1) is 0 Å². The third-order valence-corrected chi connectivity index (χ3v) is 5.51. The van der Waals surface area contributed by atoms with Crippen LogP contribution in [0.4, 0.5) is 0 Å². The standard InChI is InChI=1S/C13H17BrN2O4S/c1-2-20-11-4-3-10(14)9-12(11)21(18,19)16-7-5-13(17)15-6-8-16/h3-4,9H,2,5-8H2,1H3,(H,15,17). The molecule has 1 heterocycles. The van der Waals surface area contributed by atoms with Crippen LogP contribution in [-0.2, 0) is 14.8 Å². The van der Waals surface area contributed by atoms with E-state index in [1.54, 1.807) is 19.1 Å². The van der Waals surface area contributed by atoms with Gasteiger partial charge in [-0.1, -0.05) is 15.9 Å². The molecule has 0 spiro atoms. The van der Waals surface area contributed by atoms with Gasteiger partial charge in [0.25, 0.3) is 0 Å². The molecule has 0 atom stereocenters. The molecule has 1 N–H and O–H groups in total. The Kier molecular flexibility index (Phi) is 5.23.